The summed E-state index contributed by atoms with van der Waals surface area (Å²) < 4.78 is 30.2. The largest absolute Gasteiger partial charge is 0.435 e. The van der Waals surface area contributed by atoms with Crippen LogP contribution in [0.5, 0.6) is 5.75 Å². The Labute approximate surface area is 144 Å². The molecule has 2 aromatic rings. The van der Waals surface area contributed by atoms with Crippen molar-refractivity contribution in [3.8, 4) is 5.75 Å². The third-order valence-electron chi connectivity index (χ3n) is 4.05. The van der Waals surface area contributed by atoms with Crippen molar-refractivity contribution < 1.29 is 13.5 Å². The number of nitrogens with one attached hydrogen (secondary N) is 1. The predicted molar refractivity (Wildman–Crippen MR) is 91.0 cm³/mol. The fourth-order valence-electron chi connectivity index (χ4n) is 2.99. The van der Waals surface area contributed by atoms with Crippen molar-refractivity contribution in [3.63, 3.8) is 0 Å². The Bertz CT molecular complexity index is 760. The first-order valence-electron chi connectivity index (χ1n) is 7.53. The fourth-order valence-corrected chi connectivity index (χ4v) is 3.11. The molecule has 6 heteroatoms. The molecule has 24 heavy (non-hydrogen) atoms. The van der Waals surface area contributed by atoms with Crippen LogP contribution in [0.4, 0.5) is 8.78 Å². The minimum Gasteiger partial charge on any atom is -0.435 e. The molecule has 0 bridgehead atoms. The van der Waals surface area contributed by atoms with Crippen molar-refractivity contribution in [2.75, 3.05) is 0 Å². The van der Waals surface area contributed by atoms with Crippen LogP contribution in [0, 0.1) is 0 Å². The van der Waals surface area contributed by atoms with Crippen molar-refractivity contribution in [1.82, 2.24) is 5.43 Å². The first kappa shape index (κ1) is 16.7. The molecule has 1 unspecified atom stereocenters. The molecular weight excluding hydrogens is 334 g/mol. The van der Waals surface area contributed by atoms with E-state index >= 15 is 0 Å². The van der Waals surface area contributed by atoms with Crippen molar-refractivity contribution in [2.45, 2.75) is 31.9 Å². The van der Waals surface area contributed by atoms with E-state index in [2.05, 4.69) is 10.5 Å². The molecular formula is C18H17ClF2N2O. The summed E-state index contributed by atoms with van der Waals surface area (Å²) in [5, 5.41) is 5.07. The third-order valence-corrected chi connectivity index (χ3v) is 4.30. The van der Waals surface area contributed by atoms with Crippen molar-refractivity contribution in [3.05, 3.63) is 64.7 Å². The number of ether oxygens (including phenoxy) is 1. The van der Waals surface area contributed by atoms with Crippen molar-refractivity contribution in [2.24, 2.45) is 5.10 Å². The standard InChI is InChI=1S/C18H17ClF2N2O/c1-18(2)15(13-5-3-4-6-14(13)24-17(20)21)16(22-23-18)11-7-9-12(19)10-8-11/h3-10,15,17,23H,1-2H3. The molecule has 1 N–H and O–H groups in total. The first-order valence-corrected chi connectivity index (χ1v) is 7.91. The van der Waals surface area contributed by atoms with Crippen LogP contribution in [0.3, 0.4) is 0 Å². The molecule has 0 aliphatic carbocycles. The SMILES string of the molecule is CC1(C)NN=C(c2ccc(Cl)cc2)C1c1ccccc1OC(F)F. The second-order valence-corrected chi connectivity index (χ2v) is 6.62. The number of halogens is 3. The second-order valence-electron chi connectivity index (χ2n) is 6.19. The number of para-hydroxylation sites is 1. The average Bonchev–Trinajstić information content (AvgIpc) is 2.83. The van der Waals surface area contributed by atoms with E-state index in [9.17, 15) is 8.78 Å². The molecule has 0 amide bonds. The van der Waals surface area contributed by atoms with E-state index < -0.39 is 12.2 Å². The molecule has 3 nitrogen and oxygen atoms in total. The van der Waals surface area contributed by atoms with Gasteiger partial charge in [-0.3, -0.25) is 0 Å². The summed E-state index contributed by atoms with van der Waals surface area (Å²) in [6, 6.07) is 14.1. The molecule has 1 atom stereocenters. The maximum atomic E-state index is 12.8. The summed E-state index contributed by atoms with van der Waals surface area (Å²) in [6.07, 6.45) is 0. The van der Waals surface area contributed by atoms with Crippen LogP contribution < -0.4 is 10.2 Å². The number of hydrogen-bond acceptors (Lipinski definition) is 3. The van der Waals surface area contributed by atoms with E-state index in [-0.39, 0.29) is 11.7 Å². The van der Waals surface area contributed by atoms with Gasteiger partial charge in [-0.25, -0.2) is 0 Å². The predicted octanol–water partition coefficient (Wildman–Crippen LogP) is 4.81. The highest BCUT2D eigenvalue weighted by molar-refractivity contribution is 6.30. The Kier molecular flexibility index (Phi) is 4.45. The lowest BCUT2D eigenvalue weighted by Crippen LogP contribution is -2.38. The first-order chi connectivity index (χ1) is 11.4. The van der Waals surface area contributed by atoms with Gasteiger partial charge in [-0.1, -0.05) is 41.9 Å². The zero-order valence-corrected chi connectivity index (χ0v) is 14.0. The number of hydrogen-bond donors (Lipinski definition) is 1. The molecule has 1 aliphatic heterocycles. The van der Waals surface area contributed by atoms with Crippen LogP contribution in [0.25, 0.3) is 0 Å². The van der Waals surface area contributed by atoms with Crippen LogP contribution >= 0.6 is 11.6 Å². The molecule has 0 fully saturated rings. The van der Waals surface area contributed by atoms with Gasteiger partial charge in [-0.05, 0) is 37.6 Å². The zero-order chi connectivity index (χ0) is 17.3. The molecule has 3 rings (SSSR count). The zero-order valence-electron chi connectivity index (χ0n) is 13.3. The van der Waals surface area contributed by atoms with E-state index in [0.29, 0.717) is 10.6 Å². The van der Waals surface area contributed by atoms with Crippen LogP contribution in [0.2, 0.25) is 5.02 Å². The highest BCUT2D eigenvalue weighted by Gasteiger charge is 2.41. The van der Waals surface area contributed by atoms with Gasteiger partial charge < -0.3 is 10.2 Å². The molecule has 0 radical (unpaired) electrons. The molecule has 0 aromatic heterocycles. The molecule has 1 heterocycles. The lowest BCUT2D eigenvalue weighted by atomic mass is 9.78. The Morgan fingerprint density at radius 1 is 1.12 bits per heavy atom. The van der Waals surface area contributed by atoms with E-state index in [4.69, 9.17) is 16.3 Å². The number of hydrazone groups is 1. The highest BCUT2D eigenvalue weighted by Crippen LogP contribution is 2.40. The van der Waals surface area contributed by atoms with E-state index in [1.807, 2.05) is 32.0 Å². The van der Waals surface area contributed by atoms with Gasteiger partial charge in [0.25, 0.3) is 0 Å². The summed E-state index contributed by atoms with van der Waals surface area (Å²) >= 11 is 5.95. The van der Waals surface area contributed by atoms with Gasteiger partial charge in [0.05, 0.1) is 17.2 Å². The Morgan fingerprint density at radius 3 is 2.46 bits per heavy atom. The number of rotatable bonds is 4. The Morgan fingerprint density at radius 2 is 1.79 bits per heavy atom. The van der Waals surface area contributed by atoms with Crippen LogP contribution in [-0.2, 0) is 0 Å². The van der Waals surface area contributed by atoms with Crippen LogP contribution in [0.1, 0.15) is 30.9 Å². The van der Waals surface area contributed by atoms with Gasteiger partial charge in [0.15, 0.2) is 0 Å². The molecule has 1 aliphatic rings. The van der Waals surface area contributed by atoms with Crippen LogP contribution in [0.15, 0.2) is 53.6 Å². The van der Waals surface area contributed by atoms with Gasteiger partial charge in [-0.2, -0.15) is 13.9 Å². The van der Waals surface area contributed by atoms with Gasteiger partial charge in [-0.15, -0.1) is 0 Å². The summed E-state index contributed by atoms with van der Waals surface area (Å²) in [6.45, 7) is 1.08. The Balaban J connectivity index is 2.06. The van der Waals surface area contributed by atoms with Gasteiger partial charge >= 0.3 is 6.61 Å². The van der Waals surface area contributed by atoms with Crippen LogP contribution in [-0.4, -0.2) is 17.9 Å². The molecule has 0 spiro atoms. The quantitative estimate of drug-likeness (QED) is 0.858. The van der Waals surface area contributed by atoms with E-state index in [0.717, 1.165) is 11.3 Å². The smallest absolute Gasteiger partial charge is 0.387 e. The van der Waals surface area contributed by atoms with E-state index in [1.54, 1.807) is 30.3 Å². The van der Waals surface area contributed by atoms with Gasteiger partial charge in [0, 0.05) is 10.6 Å². The lowest BCUT2D eigenvalue weighted by molar-refractivity contribution is -0.0506. The summed E-state index contributed by atoms with van der Waals surface area (Å²) in [4.78, 5) is 0. The maximum Gasteiger partial charge on any atom is 0.387 e. The summed E-state index contributed by atoms with van der Waals surface area (Å²) in [7, 11) is 0. The molecule has 2 aromatic carbocycles. The second kappa shape index (κ2) is 6.40. The highest BCUT2D eigenvalue weighted by atomic mass is 35.5. The van der Waals surface area contributed by atoms with Crippen molar-refractivity contribution >= 4 is 17.3 Å². The number of alkyl halides is 2. The molecule has 0 saturated heterocycles. The summed E-state index contributed by atoms with van der Waals surface area (Å²) in [5.74, 6) is -0.0791. The average molecular weight is 351 g/mol. The third kappa shape index (κ3) is 3.22. The number of nitrogens with zero attached hydrogens (tertiary/aromatic N) is 1. The topological polar surface area (TPSA) is 33.6 Å². The fraction of sp³-hybridized carbons (Fsp3) is 0.278. The lowest BCUT2D eigenvalue weighted by Gasteiger charge is -2.29. The molecule has 0 saturated carbocycles. The number of benzene rings is 2. The monoisotopic (exact) mass is 350 g/mol. The van der Waals surface area contributed by atoms with Gasteiger partial charge in [0.1, 0.15) is 5.75 Å². The normalized spacial score (nSPS) is 19.1. The minimum atomic E-state index is -2.88. The molecule has 126 valence electrons. The van der Waals surface area contributed by atoms with Gasteiger partial charge in [0.2, 0.25) is 0 Å². The van der Waals surface area contributed by atoms with E-state index in [1.165, 1.54) is 0 Å². The minimum absolute atomic E-state index is 0.163. The maximum absolute atomic E-state index is 12.8. The summed E-state index contributed by atoms with van der Waals surface area (Å²) in [5.41, 5.74) is 4.97. The van der Waals surface area contributed by atoms with Crippen molar-refractivity contribution in [1.29, 1.82) is 0 Å². The Hall–Kier alpha value is -2.14.